The second-order valence-corrected chi connectivity index (χ2v) is 15.8. The minimum atomic E-state index is -0.802. The maximum Gasteiger partial charge on any atom is 0.306 e. The number of hydrogen-bond acceptors (Lipinski definition) is 6. The number of unbranched alkanes of at least 4 members (excludes halogenated alkanes) is 20. The van der Waals surface area contributed by atoms with Crippen molar-refractivity contribution in [3.05, 3.63) is 97.2 Å². The second-order valence-electron chi connectivity index (χ2n) is 15.8. The number of rotatable bonds is 42. The molecule has 6 nitrogen and oxygen atoms in total. The van der Waals surface area contributed by atoms with Crippen LogP contribution in [0.4, 0.5) is 0 Å². The van der Waals surface area contributed by atoms with E-state index in [0.717, 1.165) is 89.9 Å². The van der Waals surface area contributed by atoms with Gasteiger partial charge in [-0.05, 0) is 83.5 Å². The average Bonchev–Trinajstić information content (AvgIpc) is 3.24. The van der Waals surface area contributed by atoms with E-state index >= 15 is 0 Å². The van der Waals surface area contributed by atoms with Gasteiger partial charge in [-0.15, -0.1) is 0 Å². The summed E-state index contributed by atoms with van der Waals surface area (Å²) >= 11 is 0. The van der Waals surface area contributed by atoms with E-state index in [1.165, 1.54) is 77.0 Å². The SMILES string of the molecule is CC\C=C/C=C\C=C/C=C\C=C\C=C/CCCCCC(=O)OCC(COC(=O)CCCCCC/C=C\CCCC)OC(=O)CCCCCCCCC/C=C\CCCCCC. The molecule has 0 N–H and O–H groups in total. The summed E-state index contributed by atoms with van der Waals surface area (Å²) in [7, 11) is 0. The molecule has 0 radical (unpaired) electrons. The molecule has 0 aromatic rings. The van der Waals surface area contributed by atoms with E-state index in [1.807, 2.05) is 60.8 Å². The Morgan fingerprint density at radius 2 is 0.683 bits per heavy atom. The fraction of sp³-hybridized carbons (Fsp3) is 0.648. The van der Waals surface area contributed by atoms with E-state index in [4.69, 9.17) is 14.2 Å². The molecule has 0 aliphatic carbocycles. The lowest BCUT2D eigenvalue weighted by molar-refractivity contribution is -0.167. The Morgan fingerprint density at radius 3 is 1.13 bits per heavy atom. The van der Waals surface area contributed by atoms with Crippen LogP contribution in [-0.4, -0.2) is 37.2 Å². The van der Waals surface area contributed by atoms with Gasteiger partial charge in [0.15, 0.2) is 6.10 Å². The predicted octanol–water partition coefficient (Wildman–Crippen LogP) is 15.8. The van der Waals surface area contributed by atoms with Gasteiger partial charge in [-0.3, -0.25) is 14.4 Å². The summed E-state index contributed by atoms with van der Waals surface area (Å²) in [5, 5.41) is 0. The predicted molar refractivity (Wildman–Crippen MR) is 256 cm³/mol. The third kappa shape index (κ3) is 45.4. The van der Waals surface area contributed by atoms with Crippen molar-refractivity contribution in [1.82, 2.24) is 0 Å². The molecule has 0 spiro atoms. The highest BCUT2D eigenvalue weighted by Gasteiger charge is 2.19. The molecule has 0 rings (SSSR count). The van der Waals surface area contributed by atoms with Crippen LogP contribution in [0.5, 0.6) is 0 Å². The van der Waals surface area contributed by atoms with E-state index in [1.54, 1.807) is 0 Å². The topological polar surface area (TPSA) is 78.9 Å². The molecule has 0 aliphatic rings. The molecule has 0 aromatic carbocycles. The molecule has 340 valence electrons. The van der Waals surface area contributed by atoms with Gasteiger partial charge in [-0.25, -0.2) is 0 Å². The fourth-order valence-electron chi connectivity index (χ4n) is 6.27. The Morgan fingerprint density at radius 1 is 0.350 bits per heavy atom. The van der Waals surface area contributed by atoms with Gasteiger partial charge in [-0.2, -0.15) is 0 Å². The zero-order valence-electron chi connectivity index (χ0n) is 38.7. The van der Waals surface area contributed by atoms with Crippen LogP contribution in [0.3, 0.4) is 0 Å². The van der Waals surface area contributed by atoms with E-state index in [0.29, 0.717) is 19.3 Å². The van der Waals surface area contributed by atoms with Crippen LogP contribution in [0.2, 0.25) is 0 Å². The Kier molecular flexibility index (Phi) is 45.1. The summed E-state index contributed by atoms with van der Waals surface area (Å²) in [5.74, 6) is -0.970. The van der Waals surface area contributed by atoms with Crippen molar-refractivity contribution in [2.45, 2.75) is 213 Å². The Balaban J connectivity index is 4.49. The third-order valence-corrected chi connectivity index (χ3v) is 9.95. The molecule has 0 amide bonds. The van der Waals surface area contributed by atoms with Crippen molar-refractivity contribution in [2.75, 3.05) is 13.2 Å². The number of hydrogen-bond donors (Lipinski definition) is 0. The number of esters is 3. The highest BCUT2D eigenvalue weighted by atomic mass is 16.6. The van der Waals surface area contributed by atoms with Gasteiger partial charge >= 0.3 is 17.9 Å². The Bertz CT molecular complexity index is 1230. The lowest BCUT2D eigenvalue weighted by Crippen LogP contribution is -2.30. The molecule has 60 heavy (non-hydrogen) atoms. The minimum absolute atomic E-state index is 0.101. The van der Waals surface area contributed by atoms with Crippen LogP contribution in [0.1, 0.15) is 207 Å². The zero-order valence-corrected chi connectivity index (χ0v) is 38.7. The molecule has 0 saturated carbocycles. The summed E-state index contributed by atoms with van der Waals surface area (Å²) in [6.45, 7) is 6.36. The number of allylic oxidation sites excluding steroid dienone is 16. The van der Waals surface area contributed by atoms with Gasteiger partial charge in [0.25, 0.3) is 0 Å². The van der Waals surface area contributed by atoms with Crippen molar-refractivity contribution in [2.24, 2.45) is 0 Å². The zero-order chi connectivity index (χ0) is 43.7. The molecule has 0 fully saturated rings. The number of carbonyl (C=O) groups excluding carboxylic acids is 3. The molecule has 0 heterocycles. The van der Waals surface area contributed by atoms with E-state index in [2.05, 4.69) is 57.2 Å². The summed E-state index contributed by atoms with van der Waals surface area (Å²) in [5.41, 5.74) is 0. The first-order valence-electron chi connectivity index (χ1n) is 24.3. The van der Waals surface area contributed by atoms with Gasteiger partial charge in [0.2, 0.25) is 0 Å². The smallest absolute Gasteiger partial charge is 0.306 e. The highest BCUT2D eigenvalue weighted by molar-refractivity contribution is 5.71. The van der Waals surface area contributed by atoms with Crippen LogP contribution in [0.25, 0.3) is 0 Å². The Labute approximate surface area is 368 Å². The Hall–Kier alpha value is -3.67. The first-order chi connectivity index (χ1) is 29.5. The third-order valence-electron chi connectivity index (χ3n) is 9.95. The molecule has 1 unspecified atom stereocenters. The van der Waals surface area contributed by atoms with E-state index < -0.39 is 6.10 Å². The lowest BCUT2D eigenvalue weighted by Gasteiger charge is -2.18. The summed E-state index contributed by atoms with van der Waals surface area (Å²) in [4.78, 5) is 37.8. The maximum absolute atomic E-state index is 12.8. The average molecular weight is 833 g/mol. The van der Waals surface area contributed by atoms with Crippen molar-refractivity contribution in [3.8, 4) is 0 Å². The van der Waals surface area contributed by atoms with Crippen molar-refractivity contribution >= 4 is 17.9 Å². The highest BCUT2D eigenvalue weighted by Crippen LogP contribution is 2.13. The van der Waals surface area contributed by atoms with E-state index in [9.17, 15) is 14.4 Å². The maximum atomic E-state index is 12.8. The number of carbonyl (C=O) groups is 3. The van der Waals surface area contributed by atoms with E-state index in [-0.39, 0.29) is 31.1 Å². The van der Waals surface area contributed by atoms with Crippen LogP contribution in [0, 0.1) is 0 Å². The lowest BCUT2D eigenvalue weighted by atomic mass is 10.1. The van der Waals surface area contributed by atoms with Crippen molar-refractivity contribution in [1.29, 1.82) is 0 Å². The number of ether oxygens (including phenoxy) is 3. The molecule has 0 bridgehead atoms. The van der Waals surface area contributed by atoms with Crippen LogP contribution in [0.15, 0.2) is 97.2 Å². The van der Waals surface area contributed by atoms with Gasteiger partial charge in [-0.1, -0.05) is 201 Å². The van der Waals surface area contributed by atoms with Gasteiger partial charge in [0.05, 0.1) is 0 Å². The molecular formula is C54H88O6. The van der Waals surface area contributed by atoms with Crippen molar-refractivity contribution in [3.63, 3.8) is 0 Å². The van der Waals surface area contributed by atoms with Gasteiger partial charge < -0.3 is 14.2 Å². The molecule has 1 atom stereocenters. The summed E-state index contributed by atoms with van der Waals surface area (Å²) in [6.07, 6.45) is 62.4. The fourth-order valence-corrected chi connectivity index (χ4v) is 6.27. The van der Waals surface area contributed by atoms with Crippen molar-refractivity contribution < 1.29 is 28.6 Å². The largest absolute Gasteiger partial charge is 0.462 e. The van der Waals surface area contributed by atoms with Crippen LogP contribution >= 0.6 is 0 Å². The molecular weight excluding hydrogens is 745 g/mol. The quantitative estimate of drug-likeness (QED) is 0.0200. The second kappa shape index (κ2) is 48.0. The molecule has 0 saturated heterocycles. The molecule has 6 heteroatoms. The summed E-state index contributed by atoms with van der Waals surface area (Å²) < 4.78 is 16.7. The molecule has 0 aliphatic heterocycles. The first-order valence-corrected chi connectivity index (χ1v) is 24.3. The summed E-state index contributed by atoms with van der Waals surface area (Å²) in [6, 6.07) is 0. The van der Waals surface area contributed by atoms with Crippen LogP contribution < -0.4 is 0 Å². The normalized spacial score (nSPS) is 12.9. The standard InChI is InChI=1S/C54H88O6/c1-4-7-10-13-16-19-22-24-26-27-29-30-32-35-38-41-44-47-53(56)59-50-51(49-58-52(55)46-43-40-37-34-21-18-15-12-9-6-3)60-54(57)48-45-42-39-36-33-31-28-25-23-20-17-14-11-8-5-2/h7,10,13,15-16,18-20,22-24,26-27,29-30,32,51H,4-6,8-9,11-12,14,17,21,25,28,31,33-50H2,1-3H3/b10-7-,16-13-,18-15-,22-19-,23-20-,26-24-,29-27+,32-30-. The monoisotopic (exact) mass is 833 g/mol. The minimum Gasteiger partial charge on any atom is -0.462 e. The van der Waals surface area contributed by atoms with Gasteiger partial charge in [0.1, 0.15) is 13.2 Å². The molecule has 0 aromatic heterocycles. The first kappa shape index (κ1) is 56.3. The van der Waals surface area contributed by atoms with Gasteiger partial charge in [0, 0.05) is 19.3 Å². The van der Waals surface area contributed by atoms with Crippen LogP contribution in [-0.2, 0) is 28.6 Å².